The number of carboxylic acid groups (broad SMARTS) is 1. The molecule has 1 aliphatic rings. The van der Waals surface area contributed by atoms with E-state index in [1.807, 2.05) is 7.05 Å². The summed E-state index contributed by atoms with van der Waals surface area (Å²) in [7, 11) is 1.99. The number of hydrogen-bond acceptors (Lipinski definition) is 4. The molecule has 0 radical (unpaired) electrons. The quantitative estimate of drug-likeness (QED) is 0.661. The van der Waals surface area contributed by atoms with Gasteiger partial charge in [0.1, 0.15) is 0 Å². The summed E-state index contributed by atoms with van der Waals surface area (Å²) in [4.78, 5) is 35.3. The fourth-order valence-corrected chi connectivity index (χ4v) is 2.09. The van der Waals surface area contributed by atoms with Crippen LogP contribution in [0.5, 0.6) is 0 Å². The number of carboxylic acids is 1. The topological polar surface area (TPSA) is 98.7 Å². The standard InChI is InChI=1S/C12H21N3O4/c1-15-7-3-4-9(8-15)13-12(19)14-10(16)5-2-6-11(17)18/h9H,2-8H2,1H3,(H,17,18)(H2,13,14,16,19). The Kier molecular flexibility index (Phi) is 6.27. The Morgan fingerprint density at radius 1 is 1.32 bits per heavy atom. The van der Waals surface area contributed by atoms with Crippen LogP contribution in [0.4, 0.5) is 4.79 Å². The van der Waals surface area contributed by atoms with E-state index >= 15 is 0 Å². The number of likely N-dealkylation sites (tertiary alicyclic amines) is 1. The molecule has 1 saturated heterocycles. The molecule has 0 aromatic carbocycles. The lowest BCUT2D eigenvalue weighted by atomic mass is 10.1. The molecule has 0 aromatic rings. The summed E-state index contributed by atoms with van der Waals surface area (Å²) in [5.41, 5.74) is 0. The molecule has 1 fully saturated rings. The van der Waals surface area contributed by atoms with Gasteiger partial charge in [0.25, 0.3) is 0 Å². The molecule has 1 atom stereocenters. The van der Waals surface area contributed by atoms with Gasteiger partial charge in [-0.2, -0.15) is 0 Å². The summed E-state index contributed by atoms with van der Waals surface area (Å²) < 4.78 is 0. The molecule has 108 valence electrons. The zero-order valence-corrected chi connectivity index (χ0v) is 11.1. The number of likely N-dealkylation sites (N-methyl/N-ethyl adjacent to an activating group) is 1. The number of hydrogen-bond donors (Lipinski definition) is 3. The van der Waals surface area contributed by atoms with Crippen molar-refractivity contribution < 1.29 is 19.5 Å². The summed E-state index contributed by atoms with van der Waals surface area (Å²) in [6.07, 6.45) is 2.15. The van der Waals surface area contributed by atoms with Gasteiger partial charge in [0.05, 0.1) is 0 Å². The molecule has 3 N–H and O–H groups in total. The van der Waals surface area contributed by atoms with Gasteiger partial charge in [-0.3, -0.25) is 14.9 Å². The van der Waals surface area contributed by atoms with Crippen LogP contribution in [0, 0.1) is 0 Å². The van der Waals surface area contributed by atoms with Crippen LogP contribution in [-0.4, -0.2) is 54.1 Å². The Hall–Kier alpha value is -1.63. The van der Waals surface area contributed by atoms with Crippen LogP contribution in [0.25, 0.3) is 0 Å². The highest BCUT2D eigenvalue weighted by Crippen LogP contribution is 2.07. The maximum Gasteiger partial charge on any atom is 0.321 e. The molecule has 0 aliphatic carbocycles. The Balaban J connectivity index is 2.19. The predicted octanol–water partition coefficient (Wildman–Crippen LogP) is 0.161. The number of urea groups is 1. The van der Waals surface area contributed by atoms with E-state index < -0.39 is 17.9 Å². The molecule has 0 aromatic heterocycles. The van der Waals surface area contributed by atoms with Crippen LogP contribution in [-0.2, 0) is 9.59 Å². The number of rotatable bonds is 5. The van der Waals surface area contributed by atoms with Gasteiger partial charge in [-0.25, -0.2) is 4.79 Å². The number of nitrogens with zero attached hydrogens (tertiary/aromatic N) is 1. The highest BCUT2D eigenvalue weighted by Gasteiger charge is 2.19. The van der Waals surface area contributed by atoms with E-state index in [2.05, 4.69) is 15.5 Å². The van der Waals surface area contributed by atoms with Crippen LogP contribution in [0.2, 0.25) is 0 Å². The maximum absolute atomic E-state index is 11.5. The van der Waals surface area contributed by atoms with E-state index in [0.29, 0.717) is 0 Å². The monoisotopic (exact) mass is 271 g/mol. The molecule has 0 spiro atoms. The van der Waals surface area contributed by atoms with Gasteiger partial charge in [-0.05, 0) is 32.9 Å². The first-order chi connectivity index (χ1) is 8.97. The van der Waals surface area contributed by atoms with Gasteiger partial charge in [-0.15, -0.1) is 0 Å². The minimum Gasteiger partial charge on any atom is -0.481 e. The Morgan fingerprint density at radius 3 is 2.68 bits per heavy atom. The lowest BCUT2D eigenvalue weighted by molar-refractivity contribution is -0.137. The van der Waals surface area contributed by atoms with Gasteiger partial charge in [0.15, 0.2) is 0 Å². The highest BCUT2D eigenvalue weighted by atomic mass is 16.4. The number of aliphatic carboxylic acids is 1. The number of amides is 3. The van der Waals surface area contributed by atoms with Crippen molar-refractivity contribution in [1.82, 2.24) is 15.5 Å². The third kappa shape index (κ3) is 6.76. The normalized spacial score (nSPS) is 19.7. The van der Waals surface area contributed by atoms with Crippen LogP contribution >= 0.6 is 0 Å². The molecule has 7 heteroatoms. The van der Waals surface area contributed by atoms with Crippen LogP contribution < -0.4 is 10.6 Å². The third-order valence-electron chi connectivity index (χ3n) is 3.01. The van der Waals surface area contributed by atoms with E-state index in [1.165, 1.54) is 0 Å². The first-order valence-corrected chi connectivity index (χ1v) is 6.48. The minimum atomic E-state index is -0.942. The van der Waals surface area contributed by atoms with E-state index in [1.54, 1.807) is 0 Å². The largest absolute Gasteiger partial charge is 0.481 e. The summed E-state index contributed by atoms with van der Waals surface area (Å²) in [6.45, 7) is 1.80. The predicted molar refractivity (Wildman–Crippen MR) is 68.7 cm³/mol. The second kappa shape index (κ2) is 7.73. The fraction of sp³-hybridized carbons (Fsp3) is 0.750. The second-order valence-corrected chi connectivity index (χ2v) is 4.87. The van der Waals surface area contributed by atoms with Gasteiger partial charge in [-0.1, -0.05) is 0 Å². The SMILES string of the molecule is CN1CCCC(NC(=O)NC(=O)CCCC(=O)O)C1. The summed E-state index contributed by atoms with van der Waals surface area (Å²) in [6, 6.07) is -0.439. The Labute approximate surface area is 112 Å². The molecule has 0 saturated carbocycles. The molecule has 7 nitrogen and oxygen atoms in total. The Bertz CT molecular complexity index is 346. The molecular formula is C12H21N3O4. The average Bonchev–Trinajstić information content (AvgIpc) is 2.27. The first-order valence-electron chi connectivity index (χ1n) is 6.48. The third-order valence-corrected chi connectivity index (χ3v) is 3.01. The van der Waals surface area contributed by atoms with Gasteiger partial charge in [0.2, 0.25) is 5.91 Å². The van der Waals surface area contributed by atoms with Crippen molar-refractivity contribution in [2.45, 2.75) is 38.1 Å². The lowest BCUT2D eigenvalue weighted by Crippen LogP contribution is -2.50. The van der Waals surface area contributed by atoms with Crippen molar-refractivity contribution >= 4 is 17.9 Å². The molecule has 1 aliphatic heterocycles. The number of carbonyl (C=O) groups is 3. The van der Waals surface area contributed by atoms with Crippen molar-refractivity contribution in [3.05, 3.63) is 0 Å². The van der Waals surface area contributed by atoms with Gasteiger partial charge >= 0.3 is 12.0 Å². The lowest BCUT2D eigenvalue weighted by Gasteiger charge is -2.30. The van der Waals surface area contributed by atoms with Crippen molar-refractivity contribution in [2.24, 2.45) is 0 Å². The smallest absolute Gasteiger partial charge is 0.321 e. The zero-order valence-electron chi connectivity index (χ0n) is 11.1. The van der Waals surface area contributed by atoms with E-state index in [-0.39, 0.29) is 25.3 Å². The Morgan fingerprint density at radius 2 is 2.05 bits per heavy atom. The molecule has 1 rings (SSSR count). The molecule has 1 heterocycles. The van der Waals surface area contributed by atoms with Crippen LogP contribution in [0.3, 0.4) is 0 Å². The van der Waals surface area contributed by atoms with Crippen molar-refractivity contribution in [2.75, 3.05) is 20.1 Å². The molecule has 0 bridgehead atoms. The van der Waals surface area contributed by atoms with Gasteiger partial charge < -0.3 is 15.3 Å². The number of imide groups is 1. The minimum absolute atomic E-state index is 0.0459. The average molecular weight is 271 g/mol. The summed E-state index contributed by atoms with van der Waals surface area (Å²) in [5, 5.41) is 13.4. The first kappa shape index (κ1) is 15.4. The number of piperidine rings is 1. The number of carbonyl (C=O) groups excluding carboxylic acids is 2. The molecule has 19 heavy (non-hydrogen) atoms. The molecule has 1 unspecified atom stereocenters. The zero-order chi connectivity index (χ0) is 14.3. The van der Waals surface area contributed by atoms with Gasteiger partial charge in [0, 0.05) is 25.4 Å². The fourth-order valence-electron chi connectivity index (χ4n) is 2.09. The number of nitrogens with one attached hydrogen (secondary N) is 2. The highest BCUT2D eigenvalue weighted by molar-refractivity contribution is 5.94. The van der Waals surface area contributed by atoms with Crippen molar-refractivity contribution in [3.63, 3.8) is 0 Å². The van der Waals surface area contributed by atoms with Crippen LogP contribution in [0.1, 0.15) is 32.1 Å². The summed E-state index contributed by atoms with van der Waals surface area (Å²) >= 11 is 0. The van der Waals surface area contributed by atoms with Crippen LogP contribution in [0.15, 0.2) is 0 Å². The van der Waals surface area contributed by atoms with Crippen molar-refractivity contribution in [1.29, 1.82) is 0 Å². The summed E-state index contributed by atoms with van der Waals surface area (Å²) in [5.74, 6) is -1.38. The maximum atomic E-state index is 11.5. The van der Waals surface area contributed by atoms with E-state index in [4.69, 9.17) is 5.11 Å². The molecule has 3 amide bonds. The van der Waals surface area contributed by atoms with Crippen molar-refractivity contribution in [3.8, 4) is 0 Å². The molecular weight excluding hydrogens is 250 g/mol. The van der Waals surface area contributed by atoms with E-state index in [9.17, 15) is 14.4 Å². The second-order valence-electron chi connectivity index (χ2n) is 4.87. The van der Waals surface area contributed by atoms with E-state index in [0.717, 1.165) is 25.9 Å².